The zero-order valence-corrected chi connectivity index (χ0v) is 16.0. The molecule has 2 aromatic rings. The van der Waals surface area contributed by atoms with Crippen molar-refractivity contribution >= 4 is 11.7 Å². The number of fused-ring (bicyclic) bond motifs is 4. The maximum absolute atomic E-state index is 12.8. The number of carbonyl (C=O) groups is 1. The van der Waals surface area contributed by atoms with E-state index in [2.05, 4.69) is 9.97 Å². The van der Waals surface area contributed by atoms with Gasteiger partial charge < -0.3 is 19.9 Å². The molecule has 0 aliphatic carbocycles. The number of amides is 1. The van der Waals surface area contributed by atoms with Gasteiger partial charge in [-0.25, -0.2) is 9.97 Å². The second-order valence-corrected chi connectivity index (χ2v) is 7.49. The lowest BCUT2D eigenvalue weighted by Crippen LogP contribution is -2.49. The first-order chi connectivity index (χ1) is 13.5. The minimum atomic E-state index is -0.0319. The van der Waals surface area contributed by atoms with Gasteiger partial charge in [-0.05, 0) is 25.3 Å². The Balaban J connectivity index is 1.61. The highest BCUT2D eigenvalue weighted by atomic mass is 16.5. The number of ether oxygens (including phenoxy) is 1. The Bertz CT molecular complexity index is 942. The van der Waals surface area contributed by atoms with E-state index >= 15 is 0 Å². The van der Waals surface area contributed by atoms with Gasteiger partial charge in [0.15, 0.2) is 0 Å². The summed E-state index contributed by atoms with van der Waals surface area (Å²) < 4.78 is 7.18. The van der Waals surface area contributed by atoms with Gasteiger partial charge in [0.2, 0.25) is 5.91 Å². The van der Waals surface area contributed by atoms with Gasteiger partial charge in [0.05, 0.1) is 18.7 Å². The largest absolute Gasteiger partial charge is 0.384 e. The molecular weight excluding hydrogens is 358 g/mol. The molecule has 1 fully saturated rings. The highest BCUT2D eigenvalue weighted by molar-refractivity contribution is 5.76. The Morgan fingerprint density at radius 3 is 2.89 bits per heavy atom. The molecule has 0 saturated carbocycles. The lowest BCUT2D eigenvalue weighted by Gasteiger charge is -2.43. The summed E-state index contributed by atoms with van der Waals surface area (Å²) in [6, 6.07) is 5.29. The van der Waals surface area contributed by atoms with Gasteiger partial charge in [0.25, 0.3) is 5.56 Å². The van der Waals surface area contributed by atoms with Crippen molar-refractivity contribution in [2.24, 2.45) is 5.92 Å². The van der Waals surface area contributed by atoms with Crippen molar-refractivity contribution in [1.82, 2.24) is 19.4 Å². The topological polar surface area (TPSA) is 103 Å². The van der Waals surface area contributed by atoms with E-state index in [4.69, 9.17) is 10.5 Å². The number of anilines is 1. The molecule has 148 valence electrons. The maximum Gasteiger partial charge on any atom is 0.251 e. The van der Waals surface area contributed by atoms with E-state index in [1.165, 1.54) is 6.33 Å². The quantitative estimate of drug-likeness (QED) is 0.780. The summed E-state index contributed by atoms with van der Waals surface area (Å²) in [5.41, 5.74) is 8.08. The normalized spacial score (nSPS) is 20.7. The second kappa shape index (κ2) is 7.71. The van der Waals surface area contributed by atoms with Gasteiger partial charge in [-0.2, -0.15) is 0 Å². The van der Waals surface area contributed by atoms with Crippen LogP contribution in [-0.2, 0) is 16.1 Å². The average Bonchev–Trinajstić information content (AvgIpc) is 2.68. The van der Waals surface area contributed by atoms with Crippen LogP contribution < -0.4 is 11.3 Å². The Morgan fingerprint density at radius 2 is 2.11 bits per heavy atom. The molecule has 0 radical (unpaired) electrons. The van der Waals surface area contributed by atoms with Crippen molar-refractivity contribution in [3.8, 4) is 11.3 Å². The summed E-state index contributed by atoms with van der Waals surface area (Å²) in [6.45, 7) is 4.98. The Hall–Kier alpha value is -2.74. The van der Waals surface area contributed by atoms with Gasteiger partial charge in [-0.3, -0.25) is 9.59 Å². The molecule has 2 aromatic heterocycles. The smallest absolute Gasteiger partial charge is 0.251 e. The third kappa shape index (κ3) is 3.64. The molecule has 0 unspecified atom stereocenters. The summed E-state index contributed by atoms with van der Waals surface area (Å²) in [7, 11) is 0. The number of aromatic nitrogens is 3. The third-order valence-corrected chi connectivity index (χ3v) is 5.56. The molecule has 2 aliphatic heterocycles. The van der Waals surface area contributed by atoms with E-state index in [-0.39, 0.29) is 17.4 Å². The van der Waals surface area contributed by atoms with Crippen LogP contribution in [0.3, 0.4) is 0 Å². The van der Waals surface area contributed by atoms with Gasteiger partial charge in [0, 0.05) is 55.5 Å². The summed E-state index contributed by atoms with van der Waals surface area (Å²) in [6.07, 6.45) is 2.79. The monoisotopic (exact) mass is 383 g/mol. The summed E-state index contributed by atoms with van der Waals surface area (Å²) in [4.78, 5) is 35.4. The molecule has 8 heteroatoms. The number of nitrogens with zero attached hydrogens (tertiary/aromatic N) is 4. The van der Waals surface area contributed by atoms with E-state index < -0.39 is 0 Å². The molecule has 4 heterocycles. The number of piperidine rings is 1. The van der Waals surface area contributed by atoms with E-state index in [9.17, 15) is 9.59 Å². The van der Waals surface area contributed by atoms with Gasteiger partial charge in [-0.15, -0.1) is 0 Å². The van der Waals surface area contributed by atoms with Crippen LogP contribution in [-0.4, -0.2) is 51.6 Å². The molecule has 8 nitrogen and oxygen atoms in total. The summed E-state index contributed by atoms with van der Waals surface area (Å²) in [5.74, 6) is 0.946. The van der Waals surface area contributed by atoms with Crippen LogP contribution >= 0.6 is 0 Å². The fourth-order valence-corrected chi connectivity index (χ4v) is 4.30. The minimum Gasteiger partial charge on any atom is -0.384 e. The standard InChI is InChI=1S/C20H25N5O3/c1-2-28-4-3-19(26)24-9-13-5-15(11-24)17-6-14(7-20(27)25(17)10-13)16-8-18(21)23-12-22-16/h6-8,12-13,15H,2-5,9-11H2,1H3,(H2,21,22,23)/t13-,15+/m0/s1. The molecule has 2 atom stereocenters. The van der Waals surface area contributed by atoms with E-state index in [1.54, 1.807) is 12.1 Å². The van der Waals surface area contributed by atoms with Gasteiger partial charge in [0.1, 0.15) is 12.1 Å². The van der Waals surface area contributed by atoms with Gasteiger partial charge >= 0.3 is 0 Å². The Labute approximate surface area is 163 Å². The van der Waals surface area contributed by atoms with Crippen LogP contribution in [0.5, 0.6) is 0 Å². The second-order valence-electron chi connectivity index (χ2n) is 7.49. The van der Waals surface area contributed by atoms with Crippen LogP contribution in [0.2, 0.25) is 0 Å². The maximum atomic E-state index is 12.8. The molecule has 2 bridgehead atoms. The average molecular weight is 383 g/mol. The first-order valence-corrected chi connectivity index (χ1v) is 9.73. The fraction of sp³-hybridized carbons (Fsp3) is 0.500. The van der Waals surface area contributed by atoms with E-state index in [0.717, 1.165) is 17.7 Å². The molecule has 1 amide bonds. The van der Waals surface area contributed by atoms with E-state index in [0.29, 0.717) is 56.7 Å². The number of likely N-dealkylation sites (tertiary alicyclic amines) is 1. The van der Waals surface area contributed by atoms with Crippen molar-refractivity contribution < 1.29 is 9.53 Å². The lowest BCUT2D eigenvalue weighted by molar-refractivity contribution is -0.135. The van der Waals surface area contributed by atoms with Crippen molar-refractivity contribution in [3.05, 3.63) is 40.6 Å². The van der Waals surface area contributed by atoms with Crippen molar-refractivity contribution in [1.29, 1.82) is 0 Å². The molecule has 4 rings (SSSR count). The zero-order chi connectivity index (χ0) is 19.7. The highest BCUT2D eigenvalue weighted by Gasteiger charge is 2.36. The third-order valence-electron chi connectivity index (χ3n) is 5.56. The van der Waals surface area contributed by atoms with Crippen LogP contribution in [0, 0.1) is 5.92 Å². The van der Waals surface area contributed by atoms with Crippen LogP contribution in [0.1, 0.15) is 31.4 Å². The molecule has 1 saturated heterocycles. The lowest BCUT2D eigenvalue weighted by atomic mass is 9.82. The molecule has 0 aromatic carbocycles. The number of hydrogen-bond donors (Lipinski definition) is 1. The van der Waals surface area contributed by atoms with E-state index in [1.807, 2.05) is 22.5 Å². The number of rotatable bonds is 5. The summed E-state index contributed by atoms with van der Waals surface area (Å²) >= 11 is 0. The fourth-order valence-electron chi connectivity index (χ4n) is 4.30. The Morgan fingerprint density at radius 1 is 1.25 bits per heavy atom. The first-order valence-electron chi connectivity index (χ1n) is 9.73. The highest BCUT2D eigenvalue weighted by Crippen LogP contribution is 2.36. The zero-order valence-electron chi connectivity index (χ0n) is 16.0. The Kier molecular flexibility index (Phi) is 5.13. The molecular formula is C20H25N5O3. The SMILES string of the molecule is CCOCCC(=O)N1C[C@@H]2C[C@H](C1)c1cc(-c3cc(N)ncn3)cc(=O)n1C2. The predicted molar refractivity (Wildman–Crippen MR) is 105 cm³/mol. The number of hydrogen-bond acceptors (Lipinski definition) is 6. The van der Waals surface area contributed by atoms with Crippen LogP contribution in [0.25, 0.3) is 11.3 Å². The molecule has 0 spiro atoms. The number of nitrogen functional groups attached to an aromatic ring is 1. The molecule has 2 aliphatic rings. The predicted octanol–water partition coefficient (Wildman–Crippen LogP) is 1.26. The van der Waals surface area contributed by atoms with Crippen molar-refractivity contribution in [2.75, 3.05) is 32.0 Å². The number of pyridine rings is 1. The van der Waals surface area contributed by atoms with Crippen LogP contribution in [0.15, 0.2) is 29.3 Å². The molecule has 28 heavy (non-hydrogen) atoms. The summed E-state index contributed by atoms with van der Waals surface area (Å²) in [5, 5.41) is 0. The van der Waals surface area contributed by atoms with Crippen molar-refractivity contribution in [3.63, 3.8) is 0 Å². The minimum absolute atomic E-state index is 0.0319. The number of nitrogens with two attached hydrogens (primary N) is 1. The van der Waals surface area contributed by atoms with Gasteiger partial charge in [-0.1, -0.05) is 0 Å². The van der Waals surface area contributed by atoms with Crippen molar-refractivity contribution in [2.45, 2.75) is 32.2 Å². The van der Waals surface area contributed by atoms with Crippen LogP contribution in [0.4, 0.5) is 5.82 Å². The first kappa shape index (κ1) is 18.6. The molecule has 2 N–H and O–H groups in total. The number of carbonyl (C=O) groups excluding carboxylic acids is 1.